The van der Waals surface area contributed by atoms with Gasteiger partial charge in [0.1, 0.15) is 5.75 Å². The minimum absolute atomic E-state index is 0.0751. The fourth-order valence-corrected chi connectivity index (χ4v) is 2.72. The first-order valence-corrected chi connectivity index (χ1v) is 6.79. The van der Waals surface area contributed by atoms with Crippen molar-refractivity contribution in [1.29, 1.82) is 0 Å². The number of benzene rings is 2. The Bertz CT molecular complexity index is 565. The Morgan fingerprint density at radius 2 is 1.84 bits per heavy atom. The van der Waals surface area contributed by atoms with E-state index in [-0.39, 0.29) is 5.92 Å². The van der Waals surface area contributed by atoms with Gasteiger partial charge in [0.15, 0.2) is 0 Å². The maximum absolute atomic E-state index is 10.6. The Hall–Kier alpha value is -1.51. The van der Waals surface area contributed by atoms with Crippen LogP contribution in [0.15, 0.2) is 48.5 Å². The van der Waals surface area contributed by atoms with Gasteiger partial charge >= 0.3 is 0 Å². The van der Waals surface area contributed by atoms with Crippen molar-refractivity contribution in [3.8, 4) is 5.75 Å². The van der Waals surface area contributed by atoms with E-state index in [0.29, 0.717) is 11.6 Å². The minimum atomic E-state index is -0.526. The zero-order valence-corrected chi connectivity index (χ0v) is 11.2. The van der Waals surface area contributed by atoms with Crippen molar-refractivity contribution in [3.63, 3.8) is 0 Å². The second-order valence-corrected chi connectivity index (χ2v) is 5.21. The first-order chi connectivity index (χ1) is 9.25. The fourth-order valence-electron chi connectivity index (χ4n) is 2.59. The number of aliphatic hydroxyl groups is 1. The van der Waals surface area contributed by atoms with Gasteiger partial charge < -0.3 is 9.84 Å². The van der Waals surface area contributed by atoms with Crippen LogP contribution in [-0.2, 0) is 0 Å². The summed E-state index contributed by atoms with van der Waals surface area (Å²) in [7, 11) is 0. The van der Waals surface area contributed by atoms with Gasteiger partial charge in [0.05, 0.1) is 12.7 Å². The first-order valence-electron chi connectivity index (χ1n) is 6.41. The molecule has 2 atom stereocenters. The normalized spacial score (nSPS) is 19.4. The summed E-state index contributed by atoms with van der Waals surface area (Å²) in [5.41, 5.74) is 1.97. The number of para-hydroxylation sites is 1. The topological polar surface area (TPSA) is 29.5 Å². The van der Waals surface area contributed by atoms with Gasteiger partial charge in [-0.15, -0.1) is 0 Å². The fraction of sp³-hybridized carbons (Fsp3) is 0.250. The summed E-state index contributed by atoms with van der Waals surface area (Å²) < 4.78 is 5.63. The van der Waals surface area contributed by atoms with E-state index in [1.54, 1.807) is 0 Å². The van der Waals surface area contributed by atoms with Crippen LogP contribution < -0.4 is 4.74 Å². The number of fused-ring (bicyclic) bond motifs is 1. The van der Waals surface area contributed by atoms with Crippen LogP contribution in [0.1, 0.15) is 29.6 Å². The highest BCUT2D eigenvalue weighted by atomic mass is 35.5. The maximum atomic E-state index is 10.6. The van der Waals surface area contributed by atoms with Crippen LogP contribution >= 0.6 is 11.6 Å². The third kappa shape index (κ3) is 2.46. The molecule has 1 heterocycles. The molecule has 0 saturated carbocycles. The zero-order valence-electron chi connectivity index (χ0n) is 10.4. The van der Waals surface area contributed by atoms with Gasteiger partial charge in [0.25, 0.3) is 0 Å². The van der Waals surface area contributed by atoms with Crippen molar-refractivity contribution in [2.45, 2.75) is 18.4 Å². The molecule has 19 heavy (non-hydrogen) atoms. The summed E-state index contributed by atoms with van der Waals surface area (Å²) in [6.45, 7) is 0.645. The molecule has 0 amide bonds. The second-order valence-electron chi connectivity index (χ2n) is 4.78. The van der Waals surface area contributed by atoms with E-state index in [9.17, 15) is 5.11 Å². The molecule has 0 radical (unpaired) electrons. The van der Waals surface area contributed by atoms with E-state index in [2.05, 4.69) is 0 Å². The van der Waals surface area contributed by atoms with Crippen LogP contribution in [0, 0.1) is 0 Å². The lowest BCUT2D eigenvalue weighted by Crippen LogP contribution is -2.19. The monoisotopic (exact) mass is 274 g/mol. The second kappa shape index (κ2) is 5.24. The van der Waals surface area contributed by atoms with Crippen LogP contribution in [0.3, 0.4) is 0 Å². The van der Waals surface area contributed by atoms with E-state index >= 15 is 0 Å². The minimum Gasteiger partial charge on any atom is -0.493 e. The summed E-state index contributed by atoms with van der Waals surface area (Å²) in [5, 5.41) is 11.3. The van der Waals surface area contributed by atoms with Gasteiger partial charge in [-0.2, -0.15) is 0 Å². The quantitative estimate of drug-likeness (QED) is 0.899. The van der Waals surface area contributed by atoms with E-state index in [1.807, 2.05) is 48.5 Å². The van der Waals surface area contributed by atoms with Crippen LogP contribution in [0.4, 0.5) is 0 Å². The molecular formula is C16H15ClO2. The van der Waals surface area contributed by atoms with E-state index in [4.69, 9.17) is 16.3 Å². The third-order valence-electron chi connectivity index (χ3n) is 3.60. The number of halogens is 1. The van der Waals surface area contributed by atoms with Crippen molar-refractivity contribution in [1.82, 2.24) is 0 Å². The van der Waals surface area contributed by atoms with Gasteiger partial charge in [0, 0.05) is 16.5 Å². The Balaban J connectivity index is 1.92. The highest BCUT2D eigenvalue weighted by molar-refractivity contribution is 6.30. The molecule has 2 unspecified atom stereocenters. The molecule has 2 aromatic rings. The predicted molar refractivity (Wildman–Crippen MR) is 75.7 cm³/mol. The smallest absolute Gasteiger partial charge is 0.122 e. The molecule has 2 nitrogen and oxygen atoms in total. The summed E-state index contributed by atoms with van der Waals surface area (Å²) in [4.78, 5) is 0. The van der Waals surface area contributed by atoms with Gasteiger partial charge in [-0.25, -0.2) is 0 Å². The Morgan fingerprint density at radius 1 is 1.11 bits per heavy atom. The third-order valence-corrected chi connectivity index (χ3v) is 3.85. The lowest BCUT2D eigenvalue weighted by atomic mass is 9.85. The predicted octanol–water partition coefficient (Wildman–Crippen LogP) is 3.94. The Kier molecular flexibility index (Phi) is 3.45. The summed E-state index contributed by atoms with van der Waals surface area (Å²) in [6, 6.07) is 15.3. The van der Waals surface area contributed by atoms with Crippen LogP contribution in [0.2, 0.25) is 5.02 Å². The molecule has 1 aliphatic rings. The van der Waals surface area contributed by atoms with Gasteiger partial charge in [-0.05, 0) is 30.2 Å². The van der Waals surface area contributed by atoms with Crippen LogP contribution in [0.25, 0.3) is 0 Å². The lowest BCUT2D eigenvalue weighted by Gasteiger charge is -2.29. The standard InChI is InChI=1S/C16H15ClO2/c17-12-7-5-11(6-8-12)16(18)14-9-10-19-15-4-2-1-3-13(14)15/h1-8,14,16,18H,9-10H2. The molecule has 0 spiro atoms. The van der Waals surface area contributed by atoms with Gasteiger partial charge in [-0.3, -0.25) is 0 Å². The van der Waals surface area contributed by atoms with E-state index in [0.717, 1.165) is 23.3 Å². The molecule has 0 aromatic heterocycles. The molecule has 3 rings (SSSR count). The molecule has 1 N–H and O–H groups in total. The number of rotatable bonds is 2. The van der Waals surface area contributed by atoms with E-state index in [1.165, 1.54) is 0 Å². The molecule has 3 heteroatoms. The molecule has 98 valence electrons. The number of ether oxygens (including phenoxy) is 1. The van der Waals surface area contributed by atoms with Crippen LogP contribution in [-0.4, -0.2) is 11.7 Å². The molecular weight excluding hydrogens is 260 g/mol. The summed E-state index contributed by atoms with van der Waals surface area (Å²) in [6.07, 6.45) is 0.295. The molecule has 2 aromatic carbocycles. The van der Waals surface area contributed by atoms with E-state index < -0.39 is 6.10 Å². The Labute approximate surface area is 117 Å². The first kappa shape index (κ1) is 12.5. The van der Waals surface area contributed by atoms with Gasteiger partial charge in [0.2, 0.25) is 0 Å². The molecule has 0 aliphatic carbocycles. The average Bonchev–Trinajstić information content (AvgIpc) is 2.47. The maximum Gasteiger partial charge on any atom is 0.122 e. The SMILES string of the molecule is OC(c1ccc(Cl)cc1)C1CCOc2ccccc21. The van der Waals surface area contributed by atoms with Crippen LogP contribution in [0.5, 0.6) is 5.75 Å². The zero-order chi connectivity index (χ0) is 13.2. The number of hydrogen-bond acceptors (Lipinski definition) is 2. The van der Waals surface area contributed by atoms with Crippen molar-refractivity contribution >= 4 is 11.6 Å². The van der Waals surface area contributed by atoms with Crippen molar-refractivity contribution in [2.75, 3.05) is 6.61 Å². The Morgan fingerprint density at radius 3 is 2.63 bits per heavy atom. The highest BCUT2D eigenvalue weighted by Crippen LogP contribution is 2.41. The molecule has 0 fully saturated rings. The van der Waals surface area contributed by atoms with Crippen molar-refractivity contribution < 1.29 is 9.84 Å². The molecule has 1 aliphatic heterocycles. The highest BCUT2D eigenvalue weighted by Gasteiger charge is 2.28. The van der Waals surface area contributed by atoms with Crippen molar-refractivity contribution in [2.24, 2.45) is 0 Å². The summed E-state index contributed by atoms with van der Waals surface area (Å²) >= 11 is 5.88. The summed E-state index contributed by atoms with van der Waals surface area (Å²) in [5.74, 6) is 0.956. The average molecular weight is 275 g/mol. The van der Waals surface area contributed by atoms with Crippen molar-refractivity contribution in [3.05, 3.63) is 64.7 Å². The number of aliphatic hydroxyl groups excluding tert-OH is 1. The van der Waals surface area contributed by atoms with Gasteiger partial charge in [-0.1, -0.05) is 41.9 Å². The number of hydrogen-bond donors (Lipinski definition) is 1. The lowest BCUT2D eigenvalue weighted by molar-refractivity contribution is 0.117. The molecule has 0 saturated heterocycles. The largest absolute Gasteiger partial charge is 0.493 e. The molecule has 0 bridgehead atoms.